The maximum atomic E-state index is 13.9. The van der Waals surface area contributed by atoms with Crippen LogP contribution in [0.25, 0.3) is 5.65 Å². The van der Waals surface area contributed by atoms with E-state index in [4.69, 9.17) is 0 Å². The lowest BCUT2D eigenvalue weighted by Crippen LogP contribution is -2.13. The number of aromatic amines is 1. The van der Waals surface area contributed by atoms with Crippen LogP contribution in [0.2, 0.25) is 0 Å². The molecule has 0 atom stereocenters. The number of fused-ring (bicyclic) bond motifs is 1. The summed E-state index contributed by atoms with van der Waals surface area (Å²) in [5.41, 5.74) is 0.141. The Labute approximate surface area is 139 Å². The number of carbonyl (C=O) groups excluding carboxylic acids is 1. The Morgan fingerprint density at radius 2 is 2.04 bits per heavy atom. The molecule has 0 bridgehead atoms. The second-order valence-corrected chi connectivity index (χ2v) is 5.14. The molecule has 1 aromatic carbocycles. The fourth-order valence-electron chi connectivity index (χ4n) is 2.36. The molecule has 4 rings (SSSR count). The van der Waals surface area contributed by atoms with Crippen LogP contribution in [0.4, 0.5) is 20.5 Å². The zero-order valence-electron chi connectivity index (χ0n) is 12.6. The Hall–Kier alpha value is -3.62. The van der Waals surface area contributed by atoms with Crippen LogP contribution in [-0.4, -0.2) is 30.3 Å². The molecular weight excluding hydrogens is 330 g/mol. The van der Waals surface area contributed by atoms with E-state index in [0.29, 0.717) is 17.5 Å². The average molecular weight is 340 g/mol. The van der Waals surface area contributed by atoms with Crippen molar-refractivity contribution in [3.63, 3.8) is 0 Å². The number of carbonyl (C=O) groups is 1. The maximum absolute atomic E-state index is 13.9. The Balaban J connectivity index is 1.80. The van der Waals surface area contributed by atoms with Crippen LogP contribution in [0.3, 0.4) is 0 Å². The van der Waals surface area contributed by atoms with Crippen molar-refractivity contribution in [1.82, 2.24) is 24.6 Å². The van der Waals surface area contributed by atoms with Crippen LogP contribution in [-0.2, 0) is 0 Å². The number of ketones is 1. The summed E-state index contributed by atoms with van der Waals surface area (Å²) in [5, 5.41) is 9.56. The van der Waals surface area contributed by atoms with Crippen molar-refractivity contribution >= 4 is 23.2 Å². The Kier molecular flexibility index (Phi) is 3.46. The van der Waals surface area contributed by atoms with Crippen molar-refractivity contribution in [2.75, 3.05) is 5.32 Å². The SMILES string of the molecule is O=C(c1nc(Nc2cc[nH]n2)n2cccc2n1)c1ccc(F)cc1F. The van der Waals surface area contributed by atoms with E-state index in [0.717, 1.165) is 12.1 Å². The van der Waals surface area contributed by atoms with Gasteiger partial charge in [-0.15, -0.1) is 0 Å². The second-order valence-electron chi connectivity index (χ2n) is 5.14. The summed E-state index contributed by atoms with van der Waals surface area (Å²) in [6.45, 7) is 0. The fourth-order valence-corrected chi connectivity index (χ4v) is 2.36. The summed E-state index contributed by atoms with van der Waals surface area (Å²) in [7, 11) is 0. The molecule has 0 radical (unpaired) electrons. The van der Waals surface area contributed by atoms with Crippen molar-refractivity contribution in [2.24, 2.45) is 0 Å². The minimum atomic E-state index is -0.967. The van der Waals surface area contributed by atoms with E-state index >= 15 is 0 Å². The Bertz CT molecular complexity index is 1070. The molecule has 25 heavy (non-hydrogen) atoms. The van der Waals surface area contributed by atoms with Crippen molar-refractivity contribution in [3.8, 4) is 0 Å². The van der Waals surface area contributed by atoms with Gasteiger partial charge >= 0.3 is 0 Å². The number of anilines is 2. The van der Waals surface area contributed by atoms with Gasteiger partial charge in [-0.3, -0.25) is 14.3 Å². The number of H-pyrrole nitrogens is 1. The molecule has 3 heterocycles. The number of aromatic nitrogens is 5. The smallest absolute Gasteiger partial charge is 0.233 e. The molecule has 0 aliphatic carbocycles. The highest BCUT2D eigenvalue weighted by Crippen LogP contribution is 2.18. The molecular formula is C16H10F2N6O. The van der Waals surface area contributed by atoms with Gasteiger partial charge in [0.15, 0.2) is 5.82 Å². The monoisotopic (exact) mass is 340 g/mol. The zero-order valence-corrected chi connectivity index (χ0v) is 12.6. The van der Waals surface area contributed by atoms with E-state index in [1.54, 1.807) is 35.0 Å². The van der Waals surface area contributed by atoms with Gasteiger partial charge in [0.1, 0.15) is 17.3 Å². The molecule has 0 aliphatic heterocycles. The van der Waals surface area contributed by atoms with Crippen molar-refractivity contribution in [2.45, 2.75) is 0 Å². The summed E-state index contributed by atoms with van der Waals surface area (Å²) in [6, 6.07) is 7.81. The van der Waals surface area contributed by atoms with Crippen molar-refractivity contribution < 1.29 is 13.6 Å². The Morgan fingerprint density at radius 1 is 1.16 bits per heavy atom. The van der Waals surface area contributed by atoms with Crippen LogP contribution in [0, 0.1) is 11.6 Å². The highest BCUT2D eigenvalue weighted by molar-refractivity contribution is 6.07. The third-order valence-electron chi connectivity index (χ3n) is 3.51. The van der Waals surface area contributed by atoms with Crippen LogP contribution >= 0.6 is 0 Å². The predicted octanol–water partition coefficient (Wildman–Crippen LogP) is 2.71. The molecule has 0 saturated heterocycles. The number of hydrogen-bond acceptors (Lipinski definition) is 5. The predicted molar refractivity (Wildman–Crippen MR) is 84.6 cm³/mol. The van der Waals surface area contributed by atoms with Crippen LogP contribution in [0.5, 0.6) is 0 Å². The van der Waals surface area contributed by atoms with E-state index in [1.807, 2.05) is 0 Å². The van der Waals surface area contributed by atoms with Crippen LogP contribution < -0.4 is 5.32 Å². The van der Waals surface area contributed by atoms with E-state index in [2.05, 4.69) is 25.5 Å². The van der Waals surface area contributed by atoms with Gasteiger partial charge in [0.2, 0.25) is 17.6 Å². The van der Waals surface area contributed by atoms with Gasteiger partial charge in [0, 0.05) is 24.5 Å². The minimum absolute atomic E-state index is 0.213. The molecule has 0 aliphatic rings. The molecule has 2 N–H and O–H groups in total. The largest absolute Gasteiger partial charge is 0.308 e. The maximum Gasteiger partial charge on any atom is 0.233 e. The average Bonchev–Trinajstić information content (AvgIpc) is 3.25. The lowest BCUT2D eigenvalue weighted by atomic mass is 10.1. The van der Waals surface area contributed by atoms with Gasteiger partial charge in [0.25, 0.3) is 0 Å². The van der Waals surface area contributed by atoms with Crippen LogP contribution in [0.1, 0.15) is 16.2 Å². The van der Waals surface area contributed by atoms with Gasteiger partial charge in [-0.25, -0.2) is 13.8 Å². The molecule has 0 unspecified atom stereocenters. The molecule has 7 nitrogen and oxygen atoms in total. The van der Waals surface area contributed by atoms with Gasteiger partial charge in [-0.05, 0) is 24.3 Å². The highest BCUT2D eigenvalue weighted by atomic mass is 19.1. The summed E-state index contributed by atoms with van der Waals surface area (Å²) in [5.74, 6) is -1.92. The van der Waals surface area contributed by atoms with Gasteiger partial charge in [-0.2, -0.15) is 10.1 Å². The van der Waals surface area contributed by atoms with Gasteiger partial charge in [-0.1, -0.05) is 0 Å². The standard InChI is InChI=1S/C16H10F2N6O/c17-9-3-4-10(11(18)8-9)14(25)15-21-13-2-1-7-24(13)16(22-15)20-12-5-6-19-23-12/h1-8H,(H2,19,20,21,22,23). The molecule has 4 aromatic rings. The lowest BCUT2D eigenvalue weighted by molar-refractivity contribution is 0.102. The first-order valence-corrected chi connectivity index (χ1v) is 7.23. The zero-order chi connectivity index (χ0) is 17.4. The third-order valence-corrected chi connectivity index (χ3v) is 3.51. The second kappa shape index (κ2) is 5.78. The van der Waals surface area contributed by atoms with Gasteiger partial charge < -0.3 is 5.32 Å². The van der Waals surface area contributed by atoms with E-state index in [-0.39, 0.29) is 17.3 Å². The van der Waals surface area contributed by atoms with E-state index < -0.39 is 17.4 Å². The van der Waals surface area contributed by atoms with Crippen molar-refractivity contribution in [3.05, 3.63) is 71.8 Å². The van der Waals surface area contributed by atoms with E-state index in [9.17, 15) is 13.6 Å². The number of rotatable bonds is 4. The fraction of sp³-hybridized carbons (Fsp3) is 0. The Morgan fingerprint density at radius 3 is 2.80 bits per heavy atom. The van der Waals surface area contributed by atoms with Crippen LogP contribution in [0.15, 0.2) is 48.8 Å². The number of benzene rings is 1. The highest BCUT2D eigenvalue weighted by Gasteiger charge is 2.20. The summed E-state index contributed by atoms with van der Waals surface area (Å²) >= 11 is 0. The molecule has 0 saturated carbocycles. The molecule has 9 heteroatoms. The first-order chi connectivity index (χ1) is 12.1. The molecule has 124 valence electrons. The molecule has 3 aromatic heterocycles. The normalized spacial score (nSPS) is 11.0. The molecule has 0 spiro atoms. The minimum Gasteiger partial charge on any atom is -0.308 e. The van der Waals surface area contributed by atoms with E-state index in [1.165, 1.54) is 0 Å². The van der Waals surface area contributed by atoms with Gasteiger partial charge in [0.05, 0.1) is 5.56 Å². The lowest BCUT2D eigenvalue weighted by Gasteiger charge is -2.08. The first-order valence-electron chi connectivity index (χ1n) is 7.23. The summed E-state index contributed by atoms with van der Waals surface area (Å²) in [4.78, 5) is 20.9. The first kappa shape index (κ1) is 14.9. The number of hydrogen-bond donors (Lipinski definition) is 2. The number of nitrogens with zero attached hydrogens (tertiary/aromatic N) is 4. The summed E-state index contributed by atoms with van der Waals surface area (Å²) in [6.07, 6.45) is 3.33. The molecule has 0 fully saturated rings. The third kappa shape index (κ3) is 2.71. The van der Waals surface area contributed by atoms with Crippen molar-refractivity contribution in [1.29, 1.82) is 0 Å². The quantitative estimate of drug-likeness (QED) is 0.558. The molecule has 0 amide bonds. The number of nitrogens with one attached hydrogen (secondary N) is 2. The number of halogens is 2. The topological polar surface area (TPSA) is 88.0 Å². The summed E-state index contributed by atoms with van der Waals surface area (Å²) < 4.78 is 28.6.